The molecular weight excluding hydrogens is 176 g/mol. The fraction of sp³-hybridized carbons (Fsp3) is 0.273. The minimum absolute atomic E-state index is 0.0706. The average Bonchev–Trinajstić information content (AvgIpc) is 2.26. The van der Waals surface area contributed by atoms with Crippen LogP contribution in [0.3, 0.4) is 0 Å². The van der Waals surface area contributed by atoms with Crippen LogP contribution in [0.5, 0.6) is 0 Å². The number of carbonyl (C=O) groups excluding carboxylic acids is 1. The molecular formula is C11H12N2O. The van der Waals surface area contributed by atoms with Crippen LogP contribution < -0.4 is 5.32 Å². The average molecular weight is 188 g/mol. The molecule has 0 saturated carbocycles. The third-order valence-corrected chi connectivity index (χ3v) is 2.29. The second-order valence-electron chi connectivity index (χ2n) is 3.86. The van der Waals surface area contributed by atoms with Gasteiger partial charge in [0, 0.05) is 17.5 Å². The summed E-state index contributed by atoms with van der Waals surface area (Å²) in [6.07, 6.45) is 1.74. The lowest BCUT2D eigenvalue weighted by molar-refractivity contribution is -0.119. The molecule has 1 aliphatic heterocycles. The van der Waals surface area contributed by atoms with Gasteiger partial charge >= 0.3 is 0 Å². The van der Waals surface area contributed by atoms with E-state index in [4.69, 9.17) is 0 Å². The van der Waals surface area contributed by atoms with E-state index in [0.29, 0.717) is 0 Å². The molecule has 0 atom stereocenters. The van der Waals surface area contributed by atoms with Gasteiger partial charge in [0.05, 0.1) is 0 Å². The van der Waals surface area contributed by atoms with Crippen LogP contribution in [0.1, 0.15) is 19.4 Å². The van der Waals surface area contributed by atoms with Crippen LogP contribution in [0.15, 0.2) is 29.3 Å². The molecule has 3 heteroatoms. The maximum absolute atomic E-state index is 11.7. The lowest BCUT2D eigenvalue weighted by Gasteiger charge is -2.15. The summed E-state index contributed by atoms with van der Waals surface area (Å²) in [7, 11) is 0. The summed E-state index contributed by atoms with van der Waals surface area (Å²) in [5, 5.41) is 2.85. The number of nitrogens with zero attached hydrogens (tertiary/aromatic N) is 1. The number of anilines is 1. The molecule has 0 bridgehead atoms. The van der Waals surface area contributed by atoms with Gasteiger partial charge in [-0.3, -0.25) is 9.79 Å². The molecule has 1 amide bonds. The van der Waals surface area contributed by atoms with Crippen molar-refractivity contribution in [3.63, 3.8) is 0 Å². The van der Waals surface area contributed by atoms with Crippen molar-refractivity contribution in [2.75, 3.05) is 5.32 Å². The van der Waals surface area contributed by atoms with E-state index >= 15 is 0 Å². The number of nitrogens with one attached hydrogen (secondary N) is 1. The molecule has 1 aromatic carbocycles. The van der Waals surface area contributed by atoms with Gasteiger partial charge in [0.1, 0.15) is 5.54 Å². The summed E-state index contributed by atoms with van der Waals surface area (Å²) in [6.45, 7) is 3.59. The molecule has 0 unspecified atom stereocenters. The highest BCUT2D eigenvalue weighted by Gasteiger charge is 2.28. The van der Waals surface area contributed by atoms with Crippen LogP contribution >= 0.6 is 0 Å². The number of amides is 1. The Hall–Kier alpha value is -1.64. The minimum Gasteiger partial charge on any atom is -0.323 e. The maximum Gasteiger partial charge on any atom is 0.251 e. The van der Waals surface area contributed by atoms with Crippen molar-refractivity contribution >= 4 is 17.8 Å². The number of benzene rings is 1. The first-order valence-corrected chi connectivity index (χ1v) is 4.55. The minimum atomic E-state index is -0.682. The van der Waals surface area contributed by atoms with Crippen LogP contribution in [-0.4, -0.2) is 17.7 Å². The molecule has 1 aromatic rings. The van der Waals surface area contributed by atoms with Crippen LogP contribution in [0.4, 0.5) is 5.69 Å². The Balaban J connectivity index is 2.49. The van der Waals surface area contributed by atoms with Gasteiger partial charge in [-0.2, -0.15) is 0 Å². The van der Waals surface area contributed by atoms with Gasteiger partial charge in [-0.1, -0.05) is 18.2 Å². The van der Waals surface area contributed by atoms with E-state index in [1.54, 1.807) is 20.1 Å². The Kier molecular flexibility index (Phi) is 1.88. The second kappa shape index (κ2) is 2.94. The maximum atomic E-state index is 11.7. The highest BCUT2D eigenvalue weighted by Crippen LogP contribution is 2.21. The Morgan fingerprint density at radius 2 is 2.00 bits per heavy atom. The van der Waals surface area contributed by atoms with E-state index in [-0.39, 0.29) is 5.91 Å². The highest BCUT2D eigenvalue weighted by atomic mass is 16.2. The number of aliphatic imine (C=N–C) groups is 1. The molecule has 0 aromatic heterocycles. The normalized spacial score (nSPS) is 18.3. The molecule has 0 spiro atoms. The first kappa shape index (κ1) is 8.94. The monoisotopic (exact) mass is 188 g/mol. The van der Waals surface area contributed by atoms with E-state index in [1.807, 2.05) is 24.3 Å². The molecule has 0 fully saturated rings. The fourth-order valence-electron chi connectivity index (χ4n) is 1.29. The van der Waals surface area contributed by atoms with Crippen LogP contribution in [0.2, 0.25) is 0 Å². The first-order chi connectivity index (χ1) is 6.59. The van der Waals surface area contributed by atoms with Crippen molar-refractivity contribution in [3.05, 3.63) is 29.8 Å². The standard InChI is InChI=1S/C11H12N2O/c1-11(2)10(14)13-9-6-4-3-5-8(9)7-12-11/h3-7H,1-2H3,(H,13,14). The van der Waals surface area contributed by atoms with Crippen molar-refractivity contribution in [2.45, 2.75) is 19.4 Å². The van der Waals surface area contributed by atoms with Gasteiger partial charge < -0.3 is 5.32 Å². The predicted octanol–water partition coefficient (Wildman–Crippen LogP) is 1.84. The SMILES string of the molecule is CC1(C)N=Cc2ccccc2NC1=O. The van der Waals surface area contributed by atoms with Crippen molar-refractivity contribution in [1.82, 2.24) is 0 Å². The number of benzodiazepines with no additional fused rings is 1. The summed E-state index contributed by atoms with van der Waals surface area (Å²) >= 11 is 0. The number of carbonyl (C=O) groups is 1. The second-order valence-corrected chi connectivity index (χ2v) is 3.86. The number of fused-ring (bicyclic) bond motifs is 1. The number of para-hydroxylation sites is 1. The van der Waals surface area contributed by atoms with E-state index < -0.39 is 5.54 Å². The molecule has 72 valence electrons. The Labute approximate surface area is 82.9 Å². The third-order valence-electron chi connectivity index (χ3n) is 2.29. The number of hydrogen-bond donors (Lipinski definition) is 1. The molecule has 3 nitrogen and oxygen atoms in total. The zero-order valence-electron chi connectivity index (χ0n) is 8.24. The fourth-order valence-corrected chi connectivity index (χ4v) is 1.29. The summed E-state index contributed by atoms with van der Waals surface area (Å²) in [6, 6.07) is 7.63. The van der Waals surface area contributed by atoms with Gasteiger partial charge in [0.25, 0.3) is 5.91 Å². The van der Waals surface area contributed by atoms with Crippen molar-refractivity contribution in [2.24, 2.45) is 4.99 Å². The van der Waals surface area contributed by atoms with Gasteiger partial charge in [-0.15, -0.1) is 0 Å². The quantitative estimate of drug-likeness (QED) is 0.663. The Morgan fingerprint density at radius 1 is 1.29 bits per heavy atom. The topological polar surface area (TPSA) is 41.5 Å². The zero-order valence-corrected chi connectivity index (χ0v) is 8.24. The molecule has 0 radical (unpaired) electrons. The van der Waals surface area contributed by atoms with E-state index in [0.717, 1.165) is 11.3 Å². The Bertz CT molecular complexity index is 408. The Morgan fingerprint density at radius 3 is 2.79 bits per heavy atom. The van der Waals surface area contributed by atoms with Gasteiger partial charge in [0.2, 0.25) is 0 Å². The van der Waals surface area contributed by atoms with E-state index in [2.05, 4.69) is 10.3 Å². The van der Waals surface area contributed by atoms with Crippen LogP contribution in [0, 0.1) is 0 Å². The predicted molar refractivity (Wildman–Crippen MR) is 56.7 cm³/mol. The molecule has 0 aliphatic carbocycles. The van der Waals surface area contributed by atoms with Crippen LogP contribution in [-0.2, 0) is 4.79 Å². The molecule has 1 N–H and O–H groups in total. The summed E-state index contributed by atoms with van der Waals surface area (Å²) in [5.41, 5.74) is 1.09. The first-order valence-electron chi connectivity index (χ1n) is 4.55. The van der Waals surface area contributed by atoms with Crippen molar-refractivity contribution in [3.8, 4) is 0 Å². The number of hydrogen-bond acceptors (Lipinski definition) is 2. The molecule has 1 aliphatic rings. The van der Waals surface area contributed by atoms with Crippen molar-refractivity contribution < 1.29 is 4.79 Å². The summed E-state index contributed by atoms with van der Waals surface area (Å²) < 4.78 is 0. The van der Waals surface area contributed by atoms with Crippen LogP contribution in [0.25, 0.3) is 0 Å². The largest absolute Gasteiger partial charge is 0.323 e. The lowest BCUT2D eigenvalue weighted by atomic mass is 10.1. The van der Waals surface area contributed by atoms with E-state index in [1.165, 1.54) is 0 Å². The summed E-state index contributed by atoms with van der Waals surface area (Å²) in [4.78, 5) is 15.9. The highest BCUT2D eigenvalue weighted by molar-refractivity contribution is 6.05. The molecule has 1 heterocycles. The lowest BCUT2D eigenvalue weighted by Crippen LogP contribution is -2.34. The van der Waals surface area contributed by atoms with Crippen molar-refractivity contribution in [1.29, 1.82) is 0 Å². The zero-order chi connectivity index (χ0) is 10.2. The van der Waals surface area contributed by atoms with E-state index in [9.17, 15) is 4.79 Å². The molecule has 2 rings (SSSR count). The summed E-state index contributed by atoms with van der Waals surface area (Å²) in [5.74, 6) is -0.0706. The number of rotatable bonds is 0. The van der Waals surface area contributed by atoms with Gasteiger partial charge in [0.15, 0.2) is 0 Å². The van der Waals surface area contributed by atoms with Gasteiger partial charge in [-0.05, 0) is 19.9 Å². The molecule has 0 saturated heterocycles. The third kappa shape index (κ3) is 1.41. The van der Waals surface area contributed by atoms with Gasteiger partial charge in [-0.25, -0.2) is 0 Å². The smallest absolute Gasteiger partial charge is 0.251 e. The molecule has 14 heavy (non-hydrogen) atoms.